The maximum atomic E-state index is 13.9. The molecule has 7 heteroatoms. The number of furan rings is 1. The highest BCUT2D eigenvalue weighted by molar-refractivity contribution is 7.07. The lowest BCUT2D eigenvalue weighted by atomic mass is 10.2. The summed E-state index contributed by atoms with van der Waals surface area (Å²) in [4.78, 5) is 5.01. The quantitative estimate of drug-likeness (QED) is 0.455. The van der Waals surface area contributed by atoms with E-state index in [2.05, 4.69) is 10.1 Å². The molecule has 0 unspecified atom stereocenters. The minimum atomic E-state index is -0.672. The molecular weight excluding hydrogens is 368 g/mol. The van der Waals surface area contributed by atoms with Crippen molar-refractivity contribution in [1.29, 1.82) is 0 Å². The first-order valence-corrected chi connectivity index (χ1v) is 9.23. The van der Waals surface area contributed by atoms with Crippen molar-refractivity contribution in [3.63, 3.8) is 0 Å². The minimum Gasteiger partial charge on any atom is -0.454 e. The fourth-order valence-electron chi connectivity index (χ4n) is 2.68. The van der Waals surface area contributed by atoms with Crippen LogP contribution < -0.4 is 4.80 Å². The third-order valence-corrected chi connectivity index (χ3v) is 4.81. The molecule has 0 atom stereocenters. The molecule has 0 bridgehead atoms. The van der Waals surface area contributed by atoms with Crippen molar-refractivity contribution in [3.05, 3.63) is 75.9 Å². The van der Waals surface area contributed by atoms with Gasteiger partial charge < -0.3 is 4.42 Å². The number of benzene rings is 2. The van der Waals surface area contributed by atoms with E-state index in [-0.39, 0.29) is 5.56 Å². The van der Waals surface area contributed by atoms with Gasteiger partial charge in [-0.15, -0.1) is 11.3 Å². The molecule has 0 radical (unpaired) electrons. The Morgan fingerprint density at radius 1 is 1.11 bits per heavy atom. The Hall–Kier alpha value is -3.06. The first-order chi connectivity index (χ1) is 13.2. The number of rotatable bonds is 4. The van der Waals surface area contributed by atoms with Crippen LogP contribution >= 0.6 is 11.3 Å². The summed E-state index contributed by atoms with van der Waals surface area (Å²) in [5, 5.41) is 7.12. The molecule has 0 amide bonds. The van der Waals surface area contributed by atoms with Crippen LogP contribution in [-0.2, 0) is 0 Å². The highest BCUT2D eigenvalue weighted by Gasteiger charge is 2.13. The third kappa shape index (κ3) is 3.33. The van der Waals surface area contributed by atoms with E-state index in [1.807, 2.05) is 42.6 Å². The van der Waals surface area contributed by atoms with Crippen molar-refractivity contribution in [2.45, 2.75) is 6.92 Å². The monoisotopic (exact) mass is 383 g/mol. The lowest BCUT2D eigenvalue weighted by molar-refractivity contribution is 0.579. The van der Waals surface area contributed by atoms with Gasteiger partial charge in [-0.25, -0.2) is 13.5 Å². The second kappa shape index (κ2) is 7.28. The summed E-state index contributed by atoms with van der Waals surface area (Å²) < 4.78 is 35.3. The number of thiazole rings is 1. The predicted molar refractivity (Wildman–Crippen MR) is 103 cm³/mol. The molecule has 0 aliphatic heterocycles. The first kappa shape index (κ1) is 17.4. The second-order valence-corrected chi connectivity index (χ2v) is 6.55. The predicted octanol–water partition coefficient (Wildman–Crippen LogP) is 5.04. The van der Waals surface area contributed by atoms with Gasteiger partial charge in [-0.3, -0.25) is 4.99 Å². The Morgan fingerprint density at radius 3 is 2.63 bits per heavy atom. The van der Waals surface area contributed by atoms with E-state index >= 15 is 0 Å². The van der Waals surface area contributed by atoms with Crippen molar-refractivity contribution in [2.24, 2.45) is 10.1 Å². The molecule has 4 rings (SSSR count). The van der Waals surface area contributed by atoms with Crippen LogP contribution in [0.15, 0.2) is 68.4 Å². The lowest BCUT2D eigenvalue weighted by Crippen LogP contribution is -2.12. The molecule has 4 aromatic rings. The third-order valence-electron chi connectivity index (χ3n) is 3.96. The Labute approximate surface area is 157 Å². The molecule has 0 aliphatic carbocycles. The van der Waals surface area contributed by atoms with Crippen LogP contribution in [0.4, 0.5) is 8.78 Å². The van der Waals surface area contributed by atoms with Gasteiger partial charge in [0.15, 0.2) is 5.76 Å². The van der Waals surface area contributed by atoms with E-state index in [0.717, 1.165) is 17.2 Å². The van der Waals surface area contributed by atoms with Crippen LogP contribution in [0.5, 0.6) is 0 Å². The number of hydrogen-bond acceptors (Lipinski definition) is 4. The smallest absolute Gasteiger partial charge is 0.206 e. The standard InChI is InChI=1S/C20H15F2N3OS/c1-2-23-20-25(24-11-14-15(21)7-5-8-16(14)22)17(12-27-20)19-10-13-6-3-4-9-18(13)26-19/h3-12H,2H2,1H3. The molecule has 0 aliphatic rings. The average Bonchev–Trinajstić information content (AvgIpc) is 3.25. The molecule has 0 fully saturated rings. The van der Waals surface area contributed by atoms with Gasteiger partial charge >= 0.3 is 0 Å². The van der Waals surface area contributed by atoms with Crippen molar-refractivity contribution in [3.8, 4) is 11.5 Å². The van der Waals surface area contributed by atoms with Gasteiger partial charge in [0.25, 0.3) is 0 Å². The summed E-state index contributed by atoms with van der Waals surface area (Å²) in [7, 11) is 0. The molecule has 2 aromatic heterocycles. The average molecular weight is 383 g/mol. The van der Waals surface area contributed by atoms with E-state index in [0.29, 0.717) is 22.8 Å². The number of aromatic nitrogens is 1. The van der Waals surface area contributed by atoms with Crippen LogP contribution in [0.3, 0.4) is 0 Å². The van der Waals surface area contributed by atoms with Gasteiger partial charge in [0, 0.05) is 17.3 Å². The van der Waals surface area contributed by atoms with Gasteiger partial charge in [0.2, 0.25) is 4.80 Å². The summed E-state index contributed by atoms with van der Waals surface area (Å²) in [5.74, 6) is -0.737. The Bertz CT molecular complexity index is 1150. The second-order valence-electron chi connectivity index (χ2n) is 5.72. The maximum Gasteiger partial charge on any atom is 0.206 e. The molecule has 4 nitrogen and oxygen atoms in total. The largest absolute Gasteiger partial charge is 0.454 e. The summed E-state index contributed by atoms with van der Waals surface area (Å²) in [6, 6.07) is 13.3. The van der Waals surface area contributed by atoms with E-state index < -0.39 is 11.6 Å². The van der Waals surface area contributed by atoms with Crippen molar-refractivity contribution >= 4 is 28.5 Å². The van der Waals surface area contributed by atoms with Gasteiger partial charge in [-0.2, -0.15) is 5.10 Å². The normalized spacial score (nSPS) is 12.5. The molecule has 0 spiro atoms. The fraction of sp³-hybridized carbons (Fsp3) is 0.100. The molecular formula is C20H15F2N3OS. The maximum absolute atomic E-state index is 13.9. The molecule has 2 heterocycles. The summed E-state index contributed by atoms with van der Waals surface area (Å²) >= 11 is 1.38. The van der Waals surface area contributed by atoms with Crippen LogP contribution in [0.25, 0.3) is 22.4 Å². The zero-order valence-corrected chi connectivity index (χ0v) is 15.2. The highest BCUT2D eigenvalue weighted by Crippen LogP contribution is 2.28. The van der Waals surface area contributed by atoms with Crippen molar-refractivity contribution in [1.82, 2.24) is 4.68 Å². The molecule has 136 valence electrons. The molecule has 2 aromatic carbocycles. The Balaban J connectivity index is 1.85. The lowest BCUT2D eigenvalue weighted by Gasteiger charge is -2.01. The number of fused-ring (bicyclic) bond motifs is 1. The highest BCUT2D eigenvalue weighted by atomic mass is 32.1. The van der Waals surface area contributed by atoms with Crippen LogP contribution in [0.2, 0.25) is 0 Å². The van der Waals surface area contributed by atoms with Gasteiger partial charge in [0.1, 0.15) is 22.9 Å². The number of halogens is 2. The molecule has 0 saturated carbocycles. The van der Waals surface area contributed by atoms with E-state index in [1.165, 1.54) is 34.2 Å². The zero-order valence-electron chi connectivity index (χ0n) is 14.4. The SMILES string of the molecule is CCN=c1scc(-c2cc3ccccc3o2)n1N=Cc1c(F)cccc1F. The Morgan fingerprint density at radius 2 is 1.89 bits per heavy atom. The van der Waals surface area contributed by atoms with Gasteiger partial charge in [-0.05, 0) is 31.2 Å². The van der Waals surface area contributed by atoms with Gasteiger partial charge in [-0.1, -0.05) is 24.3 Å². The van der Waals surface area contributed by atoms with Crippen LogP contribution in [0, 0.1) is 11.6 Å². The van der Waals surface area contributed by atoms with Crippen LogP contribution in [-0.4, -0.2) is 17.4 Å². The fourth-order valence-corrected chi connectivity index (χ4v) is 3.56. The number of para-hydroxylation sites is 1. The summed E-state index contributed by atoms with van der Waals surface area (Å²) in [6.07, 6.45) is 1.16. The summed E-state index contributed by atoms with van der Waals surface area (Å²) in [6.45, 7) is 2.47. The zero-order chi connectivity index (χ0) is 18.8. The summed E-state index contributed by atoms with van der Waals surface area (Å²) in [5.41, 5.74) is 1.22. The van der Waals surface area contributed by atoms with E-state index in [4.69, 9.17) is 4.42 Å². The number of nitrogens with zero attached hydrogens (tertiary/aromatic N) is 3. The number of hydrogen-bond donors (Lipinski definition) is 0. The van der Waals surface area contributed by atoms with E-state index in [1.54, 1.807) is 0 Å². The van der Waals surface area contributed by atoms with E-state index in [9.17, 15) is 8.78 Å². The minimum absolute atomic E-state index is 0.200. The molecule has 0 saturated heterocycles. The van der Waals surface area contributed by atoms with Gasteiger partial charge in [0.05, 0.1) is 11.8 Å². The topological polar surface area (TPSA) is 42.8 Å². The van der Waals surface area contributed by atoms with Crippen LogP contribution in [0.1, 0.15) is 12.5 Å². The van der Waals surface area contributed by atoms with Crippen molar-refractivity contribution < 1.29 is 13.2 Å². The molecule has 27 heavy (non-hydrogen) atoms. The first-order valence-electron chi connectivity index (χ1n) is 8.35. The molecule has 0 N–H and O–H groups in total. The van der Waals surface area contributed by atoms with Crippen molar-refractivity contribution in [2.75, 3.05) is 6.54 Å². The Kier molecular flexibility index (Phi) is 4.68.